The molecule has 0 aliphatic carbocycles. The molecule has 1 unspecified atom stereocenters. The summed E-state index contributed by atoms with van der Waals surface area (Å²) in [6.45, 7) is 2.30. The molecule has 1 N–H and O–H groups in total. The zero-order chi connectivity index (χ0) is 11.5. The second-order valence-electron chi connectivity index (χ2n) is 4.56. The molecule has 1 atom stereocenters. The van der Waals surface area contributed by atoms with Gasteiger partial charge in [-0.05, 0) is 43.5 Å². The molecule has 0 spiro atoms. The summed E-state index contributed by atoms with van der Waals surface area (Å²) in [7, 11) is 0. The number of rotatable bonds is 3. The van der Waals surface area contributed by atoms with Crippen molar-refractivity contribution < 1.29 is 0 Å². The number of hydrogen-bond acceptors (Lipinski definition) is 3. The second kappa shape index (κ2) is 4.67. The quantitative estimate of drug-likeness (QED) is 0.864. The number of nitrogens with one attached hydrogen (secondary N) is 1. The lowest BCUT2D eigenvalue weighted by Crippen LogP contribution is -2.11. The van der Waals surface area contributed by atoms with E-state index >= 15 is 0 Å². The lowest BCUT2D eigenvalue weighted by atomic mass is 10.00. The van der Waals surface area contributed by atoms with E-state index in [2.05, 4.69) is 27.4 Å². The third kappa shape index (κ3) is 2.36. The average molecular weight is 228 g/mol. The van der Waals surface area contributed by atoms with E-state index in [0.717, 1.165) is 31.2 Å². The first-order valence-corrected chi connectivity index (χ1v) is 6.06. The van der Waals surface area contributed by atoms with Gasteiger partial charge in [0.05, 0.1) is 0 Å². The van der Waals surface area contributed by atoms with E-state index in [1.54, 1.807) is 12.5 Å². The van der Waals surface area contributed by atoms with Crippen LogP contribution in [0.1, 0.15) is 12.0 Å². The third-order valence-corrected chi connectivity index (χ3v) is 3.26. The molecule has 1 aliphatic rings. The summed E-state index contributed by atoms with van der Waals surface area (Å²) < 4.78 is 1.92. The Bertz CT molecular complexity index is 455. The SMILES string of the molecule is c1cn(-c2ccc(CC3CCNC3)cn2)cn1. The van der Waals surface area contributed by atoms with Crippen LogP contribution in [0.25, 0.3) is 5.82 Å². The van der Waals surface area contributed by atoms with E-state index in [4.69, 9.17) is 0 Å². The summed E-state index contributed by atoms with van der Waals surface area (Å²) in [4.78, 5) is 8.48. The fourth-order valence-electron chi connectivity index (χ4n) is 2.31. The van der Waals surface area contributed by atoms with E-state index in [-0.39, 0.29) is 0 Å². The van der Waals surface area contributed by atoms with Crippen molar-refractivity contribution in [2.75, 3.05) is 13.1 Å². The van der Waals surface area contributed by atoms with Gasteiger partial charge in [0.15, 0.2) is 0 Å². The minimum absolute atomic E-state index is 0.774. The molecular weight excluding hydrogens is 212 g/mol. The summed E-state index contributed by atoms with van der Waals surface area (Å²) in [6, 6.07) is 4.22. The van der Waals surface area contributed by atoms with E-state index in [0.29, 0.717) is 0 Å². The van der Waals surface area contributed by atoms with Crippen molar-refractivity contribution >= 4 is 0 Å². The van der Waals surface area contributed by atoms with Crippen molar-refractivity contribution in [3.8, 4) is 5.82 Å². The molecule has 2 aromatic heterocycles. The van der Waals surface area contributed by atoms with E-state index in [1.807, 2.05) is 17.0 Å². The molecule has 3 heterocycles. The highest BCUT2D eigenvalue weighted by Crippen LogP contribution is 2.15. The first-order valence-electron chi connectivity index (χ1n) is 6.06. The van der Waals surface area contributed by atoms with Crippen LogP contribution in [-0.2, 0) is 6.42 Å². The molecule has 1 fully saturated rings. The molecule has 0 aromatic carbocycles. The van der Waals surface area contributed by atoms with E-state index in [1.165, 1.54) is 12.0 Å². The van der Waals surface area contributed by atoms with E-state index in [9.17, 15) is 0 Å². The molecule has 0 saturated carbocycles. The standard InChI is InChI=1S/C13H16N4/c1-2-13(17-6-5-15-10-17)16-9-11(1)7-12-3-4-14-8-12/h1-2,5-6,9-10,12,14H,3-4,7-8H2. The Hall–Kier alpha value is -1.68. The van der Waals surface area contributed by atoms with Crippen LogP contribution in [-0.4, -0.2) is 27.6 Å². The number of pyridine rings is 1. The molecule has 17 heavy (non-hydrogen) atoms. The summed E-state index contributed by atoms with van der Waals surface area (Å²) >= 11 is 0. The Balaban J connectivity index is 1.71. The fraction of sp³-hybridized carbons (Fsp3) is 0.385. The van der Waals surface area contributed by atoms with Crippen LogP contribution < -0.4 is 5.32 Å². The van der Waals surface area contributed by atoms with Crippen molar-refractivity contribution in [2.45, 2.75) is 12.8 Å². The van der Waals surface area contributed by atoms with Gasteiger partial charge >= 0.3 is 0 Å². The van der Waals surface area contributed by atoms with Gasteiger partial charge in [0.1, 0.15) is 12.1 Å². The van der Waals surface area contributed by atoms with Crippen molar-refractivity contribution in [1.29, 1.82) is 0 Å². The zero-order valence-electron chi connectivity index (χ0n) is 9.71. The van der Waals surface area contributed by atoms with Crippen molar-refractivity contribution in [1.82, 2.24) is 19.9 Å². The van der Waals surface area contributed by atoms with Gasteiger partial charge < -0.3 is 5.32 Å². The number of imidazole rings is 1. The molecule has 1 saturated heterocycles. The van der Waals surface area contributed by atoms with Gasteiger partial charge in [-0.2, -0.15) is 0 Å². The van der Waals surface area contributed by atoms with Crippen molar-refractivity contribution in [2.24, 2.45) is 5.92 Å². The monoisotopic (exact) mass is 228 g/mol. The highest BCUT2D eigenvalue weighted by Gasteiger charge is 2.14. The summed E-state index contributed by atoms with van der Waals surface area (Å²) in [6.07, 6.45) is 9.83. The van der Waals surface area contributed by atoms with Gasteiger partial charge in [0, 0.05) is 18.6 Å². The Morgan fingerprint density at radius 3 is 3.06 bits per heavy atom. The first-order chi connectivity index (χ1) is 8.42. The number of hydrogen-bond donors (Lipinski definition) is 1. The van der Waals surface area contributed by atoms with Crippen LogP contribution >= 0.6 is 0 Å². The minimum Gasteiger partial charge on any atom is -0.316 e. The first kappa shape index (κ1) is 10.5. The van der Waals surface area contributed by atoms with Crippen LogP contribution in [0.5, 0.6) is 0 Å². The molecule has 0 amide bonds. The molecule has 0 bridgehead atoms. The molecule has 2 aromatic rings. The van der Waals surface area contributed by atoms with Gasteiger partial charge in [0.2, 0.25) is 0 Å². The number of nitrogens with zero attached hydrogens (tertiary/aromatic N) is 3. The third-order valence-electron chi connectivity index (χ3n) is 3.26. The maximum atomic E-state index is 4.47. The summed E-state index contributed by atoms with van der Waals surface area (Å²) in [5.74, 6) is 1.70. The number of aromatic nitrogens is 3. The summed E-state index contributed by atoms with van der Waals surface area (Å²) in [5.41, 5.74) is 1.32. The average Bonchev–Trinajstić information content (AvgIpc) is 3.01. The zero-order valence-corrected chi connectivity index (χ0v) is 9.71. The van der Waals surface area contributed by atoms with E-state index < -0.39 is 0 Å². The Morgan fingerprint density at radius 1 is 1.41 bits per heavy atom. The molecule has 4 nitrogen and oxygen atoms in total. The maximum absolute atomic E-state index is 4.47. The lowest BCUT2D eigenvalue weighted by Gasteiger charge is -2.08. The fourth-order valence-corrected chi connectivity index (χ4v) is 2.31. The molecule has 4 heteroatoms. The largest absolute Gasteiger partial charge is 0.316 e. The molecular formula is C13H16N4. The van der Waals surface area contributed by atoms with Crippen LogP contribution in [0.2, 0.25) is 0 Å². The predicted molar refractivity (Wildman–Crippen MR) is 66.0 cm³/mol. The molecule has 1 aliphatic heterocycles. The molecule has 0 radical (unpaired) electrons. The normalized spacial score (nSPS) is 19.6. The maximum Gasteiger partial charge on any atom is 0.137 e. The lowest BCUT2D eigenvalue weighted by molar-refractivity contribution is 0.579. The molecule has 3 rings (SSSR count). The highest BCUT2D eigenvalue weighted by atomic mass is 15.1. The smallest absolute Gasteiger partial charge is 0.137 e. The molecule has 88 valence electrons. The Labute approximate surface area is 101 Å². The van der Waals surface area contributed by atoms with Gasteiger partial charge in [-0.15, -0.1) is 0 Å². The van der Waals surface area contributed by atoms with Gasteiger partial charge in [-0.3, -0.25) is 4.57 Å². The minimum atomic E-state index is 0.774. The van der Waals surface area contributed by atoms with Crippen LogP contribution in [0.3, 0.4) is 0 Å². The summed E-state index contributed by atoms with van der Waals surface area (Å²) in [5, 5.41) is 3.39. The van der Waals surface area contributed by atoms with Crippen molar-refractivity contribution in [3.05, 3.63) is 42.6 Å². The second-order valence-corrected chi connectivity index (χ2v) is 4.56. The van der Waals surface area contributed by atoms with Crippen LogP contribution in [0.15, 0.2) is 37.1 Å². The van der Waals surface area contributed by atoms with Crippen LogP contribution in [0, 0.1) is 5.92 Å². The Kier molecular flexibility index (Phi) is 2.88. The van der Waals surface area contributed by atoms with Crippen LogP contribution in [0.4, 0.5) is 0 Å². The van der Waals surface area contributed by atoms with Gasteiger partial charge in [0.25, 0.3) is 0 Å². The topological polar surface area (TPSA) is 42.7 Å². The Morgan fingerprint density at radius 2 is 2.41 bits per heavy atom. The predicted octanol–water partition coefficient (Wildman–Crippen LogP) is 1.42. The van der Waals surface area contributed by atoms with Gasteiger partial charge in [-0.25, -0.2) is 9.97 Å². The highest BCUT2D eigenvalue weighted by molar-refractivity contribution is 5.25. The van der Waals surface area contributed by atoms with Crippen molar-refractivity contribution in [3.63, 3.8) is 0 Å². The van der Waals surface area contributed by atoms with Gasteiger partial charge in [-0.1, -0.05) is 6.07 Å².